The number of amides is 2. The summed E-state index contributed by atoms with van der Waals surface area (Å²) in [4.78, 5) is 19.5. The van der Waals surface area contributed by atoms with Crippen molar-refractivity contribution in [3.8, 4) is 28.3 Å². The van der Waals surface area contributed by atoms with Gasteiger partial charge < -0.3 is 9.64 Å². The number of halogens is 1. The zero-order chi connectivity index (χ0) is 22.1. The number of carbonyl (C=O) groups is 1. The number of ether oxygens (including phenoxy) is 1. The van der Waals surface area contributed by atoms with Gasteiger partial charge >= 0.3 is 6.03 Å². The van der Waals surface area contributed by atoms with E-state index in [1.165, 1.54) is 6.07 Å². The molecular weight excluding hydrogens is 407 g/mol. The number of anilines is 1. The summed E-state index contributed by atoms with van der Waals surface area (Å²) >= 11 is 0. The summed E-state index contributed by atoms with van der Waals surface area (Å²) < 4.78 is 21.9. The molecule has 1 aliphatic heterocycles. The van der Waals surface area contributed by atoms with Gasteiger partial charge in [0.1, 0.15) is 11.6 Å². The maximum atomic E-state index is 14.7. The van der Waals surface area contributed by atoms with Gasteiger partial charge in [-0.15, -0.1) is 0 Å². The predicted octanol–water partition coefficient (Wildman–Crippen LogP) is 5.44. The normalized spacial score (nSPS) is 13.5. The molecule has 0 atom stereocenters. The highest BCUT2D eigenvalue weighted by Gasteiger charge is 2.23. The fraction of sp³-hybridized carbons (Fsp3) is 0.200. The van der Waals surface area contributed by atoms with Crippen LogP contribution in [0.3, 0.4) is 0 Å². The van der Waals surface area contributed by atoms with Crippen molar-refractivity contribution in [2.45, 2.75) is 12.8 Å². The average molecular weight is 430 g/mol. The molecule has 6 nitrogen and oxygen atoms in total. The van der Waals surface area contributed by atoms with E-state index in [-0.39, 0.29) is 11.8 Å². The summed E-state index contributed by atoms with van der Waals surface area (Å²) in [6, 6.07) is 19.6. The summed E-state index contributed by atoms with van der Waals surface area (Å²) in [7, 11) is 1.61. The topological polar surface area (TPSA) is 58.9 Å². The van der Waals surface area contributed by atoms with Crippen molar-refractivity contribution in [1.82, 2.24) is 14.3 Å². The van der Waals surface area contributed by atoms with E-state index < -0.39 is 0 Å². The van der Waals surface area contributed by atoms with Crippen LogP contribution in [0.2, 0.25) is 0 Å². The van der Waals surface area contributed by atoms with Crippen LogP contribution in [0.25, 0.3) is 28.0 Å². The lowest BCUT2D eigenvalue weighted by molar-refractivity contribution is 0.222. The van der Waals surface area contributed by atoms with Gasteiger partial charge in [0.05, 0.1) is 24.0 Å². The van der Waals surface area contributed by atoms with Crippen molar-refractivity contribution in [3.63, 3.8) is 0 Å². The standard InChI is InChI=1S/C25H23FN4O2/c1-32-18-9-6-8-17(16-18)23-22-13-7-12-21(19-10-2-3-11-20(19)26)30(22)24(27-23)28-25(31)29-14-4-5-15-29/h2-3,6-13,16H,4-5,14-15H2,1H3,(H,27,28,31). The number of aromatic nitrogens is 2. The predicted molar refractivity (Wildman–Crippen MR) is 122 cm³/mol. The first-order valence-electron chi connectivity index (χ1n) is 10.6. The van der Waals surface area contributed by atoms with Crippen LogP contribution < -0.4 is 10.1 Å². The number of hydrogen-bond acceptors (Lipinski definition) is 3. The largest absolute Gasteiger partial charge is 0.497 e. The number of methoxy groups -OCH3 is 1. The third kappa shape index (κ3) is 3.56. The molecule has 1 fully saturated rings. The number of rotatable bonds is 4. The Morgan fingerprint density at radius 1 is 1.03 bits per heavy atom. The van der Waals surface area contributed by atoms with Crippen molar-refractivity contribution < 1.29 is 13.9 Å². The third-order valence-electron chi connectivity index (χ3n) is 5.77. The number of carbonyl (C=O) groups excluding carboxylic acids is 1. The number of urea groups is 1. The zero-order valence-corrected chi connectivity index (χ0v) is 17.7. The van der Waals surface area contributed by atoms with Crippen molar-refractivity contribution >= 4 is 17.5 Å². The molecule has 0 spiro atoms. The quantitative estimate of drug-likeness (QED) is 0.469. The second-order valence-electron chi connectivity index (χ2n) is 7.75. The Morgan fingerprint density at radius 3 is 2.59 bits per heavy atom. The van der Waals surface area contributed by atoms with E-state index in [1.807, 2.05) is 42.5 Å². The van der Waals surface area contributed by atoms with Gasteiger partial charge in [0.25, 0.3) is 0 Å². The Balaban J connectivity index is 1.71. The van der Waals surface area contributed by atoms with E-state index in [1.54, 1.807) is 34.6 Å². The second kappa shape index (κ2) is 8.34. The SMILES string of the molecule is COc1cccc(-c2nc(NC(=O)N3CCCC3)n3c(-c4ccccc4F)cccc23)c1. The van der Waals surface area contributed by atoms with Crippen LogP contribution >= 0.6 is 0 Å². The molecule has 0 radical (unpaired) electrons. The Hall–Kier alpha value is -3.87. The van der Waals surface area contributed by atoms with Gasteiger partial charge in [-0.2, -0.15) is 0 Å². The molecule has 2 amide bonds. The summed E-state index contributed by atoms with van der Waals surface area (Å²) in [5.41, 5.74) is 3.33. The highest BCUT2D eigenvalue weighted by atomic mass is 19.1. The van der Waals surface area contributed by atoms with Crippen molar-refractivity contribution in [2.75, 3.05) is 25.5 Å². The summed E-state index contributed by atoms with van der Waals surface area (Å²) in [5, 5.41) is 2.96. The fourth-order valence-corrected chi connectivity index (χ4v) is 4.18. The van der Waals surface area contributed by atoms with E-state index >= 15 is 0 Å². The lowest BCUT2D eigenvalue weighted by atomic mass is 10.1. The number of benzene rings is 2. The van der Waals surface area contributed by atoms with Crippen molar-refractivity contribution in [1.29, 1.82) is 0 Å². The second-order valence-corrected chi connectivity index (χ2v) is 7.75. The molecule has 0 unspecified atom stereocenters. The molecule has 0 saturated carbocycles. The van der Waals surface area contributed by atoms with E-state index in [2.05, 4.69) is 5.32 Å². The number of pyridine rings is 1. The van der Waals surface area contributed by atoms with E-state index in [0.717, 1.165) is 37.0 Å². The highest BCUT2D eigenvalue weighted by Crippen LogP contribution is 2.34. The van der Waals surface area contributed by atoms with E-state index in [9.17, 15) is 9.18 Å². The number of likely N-dealkylation sites (tertiary alicyclic amines) is 1. The lowest BCUT2D eigenvalue weighted by Gasteiger charge is -2.16. The van der Waals surface area contributed by atoms with Crippen LogP contribution in [-0.2, 0) is 0 Å². The highest BCUT2D eigenvalue weighted by molar-refractivity contribution is 5.91. The van der Waals surface area contributed by atoms with Gasteiger partial charge in [-0.1, -0.05) is 30.3 Å². The number of nitrogens with one attached hydrogen (secondary N) is 1. The van der Waals surface area contributed by atoms with Crippen LogP contribution in [0.15, 0.2) is 66.7 Å². The number of hydrogen-bond donors (Lipinski definition) is 1. The molecule has 32 heavy (non-hydrogen) atoms. The van der Waals surface area contributed by atoms with Gasteiger partial charge in [0.15, 0.2) is 0 Å². The van der Waals surface area contributed by atoms with E-state index in [4.69, 9.17) is 9.72 Å². The molecule has 2 aromatic carbocycles. The molecule has 1 aliphatic rings. The zero-order valence-electron chi connectivity index (χ0n) is 17.7. The fourth-order valence-electron chi connectivity index (χ4n) is 4.18. The maximum Gasteiger partial charge on any atom is 0.324 e. The number of imidazole rings is 1. The average Bonchev–Trinajstić information content (AvgIpc) is 3.48. The number of nitrogens with zero attached hydrogens (tertiary/aromatic N) is 3. The summed E-state index contributed by atoms with van der Waals surface area (Å²) in [6.45, 7) is 1.44. The van der Waals surface area contributed by atoms with Crippen molar-refractivity contribution in [3.05, 3.63) is 72.5 Å². The smallest absolute Gasteiger partial charge is 0.324 e. The van der Waals surface area contributed by atoms with E-state index in [0.29, 0.717) is 28.6 Å². The minimum absolute atomic E-state index is 0.199. The third-order valence-corrected chi connectivity index (χ3v) is 5.77. The van der Waals surface area contributed by atoms with Gasteiger partial charge in [0.2, 0.25) is 5.95 Å². The van der Waals surface area contributed by atoms with Crippen LogP contribution in [0.4, 0.5) is 15.1 Å². The molecule has 7 heteroatoms. The monoisotopic (exact) mass is 430 g/mol. The van der Waals surface area contributed by atoms with Crippen molar-refractivity contribution in [2.24, 2.45) is 0 Å². The van der Waals surface area contributed by atoms with Crippen LogP contribution in [0.1, 0.15) is 12.8 Å². The van der Waals surface area contributed by atoms with Crippen LogP contribution in [0.5, 0.6) is 5.75 Å². The summed E-state index contributed by atoms with van der Waals surface area (Å²) in [6.07, 6.45) is 1.98. The first kappa shape index (κ1) is 20.1. The molecule has 3 heterocycles. The molecule has 2 aromatic heterocycles. The lowest BCUT2D eigenvalue weighted by Crippen LogP contribution is -2.32. The Labute approximate surface area is 185 Å². The summed E-state index contributed by atoms with van der Waals surface area (Å²) in [5.74, 6) is 0.721. The maximum absolute atomic E-state index is 14.7. The molecule has 1 N–H and O–H groups in total. The van der Waals surface area contributed by atoms with Gasteiger partial charge in [-0.05, 0) is 49.2 Å². The first-order valence-corrected chi connectivity index (χ1v) is 10.6. The molecule has 1 saturated heterocycles. The first-order chi connectivity index (χ1) is 15.7. The number of fused-ring (bicyclic) bond motifs is 1. The Kier molecular flexibility index (Phi) is 5.23. The minimum Gasteiger partial charge on any atom is -0.497 e. The molecule has 162 valence electrons. The van der Waals surface area contributed by atoms with Crippen LogP contribution in [0, 0.1) is 5.82 Å². The molecule has 5 rings (SSSR count). The van der Waals surface area contributed by atoms with Gasteiger partial charge in [0, 0.05) is 24.2 Å². The molecule has 0 bridgehead atoms. The Bertz CT molecular complexity index is 1290. The minimum atomic E-state index is -0.339. The van der Waals surface area contributed by atoms with Gasteiger partial charge in [-0.25, -0.2) is 14.2 Å². The van der Waals surface area contributed by atoms with Crippen LogP contribution in [-0.4, -0.2) is 40.5 Å². The molecule has 0 aliphatic carbocycles. The molecule has 4 aromatic rings. The Morgan fingerprint density at radius 2 is 1.81 bits per heavy atom. The molecular formula is C25H23FN4O2. The van der Waals surface area contributed by atoms with Gasteiger partial charge in [-0.3, -0.25) is 9.72 Å².